The normalized spacial score (nSPS) is 27.1. The Bertz CT molecular complexity index is 2140. The van der Waals surface area contributed by atoms with E-state index in [4.69, 9.17) is 14.2 Å². The van der Waals surface area contributed by atoms with E-state index in [1.54, 1.807) is 18.9 Å². The van der Waals surface area contributed by atoms with Crippen LogP contribution < -0.4 is 30.0 Å². The number of hydrogen-bond acceptors (Lipinski definition) is 11. The quantitative estimate of drug-likeness (QED) is 0.209. The van der Waals surface area contributed by atoms with Crippen LogP contribution >= 0.6 is 0 Å². The van der Waals surface area contributed by atoms with E-state index in [1.165, 1.54) is 0 Å². The van der Waals surface area contributed by atoms with Gasteiger partial charge in [-0.3, -0.25) is 19.1 Å². The number of primary amides is 1. The van der Waals surface area contributed by atoms with Crippen molar-refractivity contribution in [2.75, 3.05) is 13.7 Å². The van der Waals surface area contributed by atoms with Gasteiger partial charge in [0.25, 0.3) is 11.8 Å². The lowest BCUT2D eigenvalue weighted by Crippen LogP contribution is -2.57. The zero-order valence-electron chi connectivity index (χ0n) is 36.5. The maximum absolute atomic E-state index is 14.2. The van der Waals surface area contributed by atoms with Gasteiger partial charge in [0, 0.05) is 41.4 Å². The molecule has 1 saturated heterocycles. The zero-order chi connectivity index (χ0) is 45.3. The molecule has 18 heteroatoms. The van der Waals surface area contributed by atoms with Gasteiger partial charge in [-0.05, 0) is 109 Å². The van der Waals surface area contributed by atoms with Gasteiger partial charge in [0.05, 0.1) is 24.5 Å². The van der Waals surface area contributed by atoms with Crippen LogP contribution in [0.1, 0.15) is 111 Å². The summed E-state index contributed by atoms with van der Waals surface area (Å²) in [7, 11) is -2.34. The van der Waals surface area contributed by atoms with Gasteiger partial charge in [-0.15, -0.1) is 0 Å². The van der Waals surface area contributed by atoms with Gasteiger partial charge in [-0.1, -0.05) is 26.0 Å². The summed E-state index contributed by atoms with van der Waals surface area (Å²) in [5.74, 6) is -3.08. The van der Waals surface area contributed by atoms with E-state index in [9.17, 15) is 36.4 Å². The molecule has 4 amide bonds. The van der Waals surface area contributed by atoms with Crippen molar-refractivity contribution in [1.82, 2.24) is 19.9 Å². The molecule has 3 heterocycles. The number of nitrogens with one attached hydrogen (secondary N) is 2. The number of halogens is 2. The molecule has 0 radical (unpaired) electrons. The predicted molar refractivity (Wildman–Crippen MR) is 230 cm³/mol. The Morgan fingerprint density at radius 2 is 1.79 bits per heavy atom. The van der Waals surface area contributed by atoms with Crippen LogP contribution in [0.25, 0.3) is 10.8 Å². The minimum Gasteiger partial charge on any atom is -0.497 e. The minimum atomic E-state index is -3.93. The summed E-state index contributed by atoms with van der Waals surface area (Å²) < 4.78 is 74.6. The average Bonchev–Trinajstić information content (AvgIpc) is 4.02. The first-order valence-electron chi connectivity index (χ1n) is 20.8. The van der Waals surface area contributed by atoms with Crippen molar-refractivity contribution < 1.29 is 59.6 Å². The summed E-state index contributed by atoms with van der Waals surface area (Å²) in [6.45, 7) is 12.6. The topological polar surface area (TPSA) is 206 Å². The van der Waals surface area contributed by atoms with Crippen LogP contribution in [-0.4, -0.2) is 95.8 Å². The number of allylic oxidation sites excluding steroid dienone is 1. The van der Waals surface area contributed by atoms with Gasteiger partial charge in [-0.25, -0.2) is 22.0 Å². The third kappa shape index (κ3) is 11.2. The third-order valence-electron chi connectivity index (χ3n) is 12.0. The molecule has 2 saturated carbocycles. The number of amides is 4. The molecule has 3 fully saturated rings. The van der Waals surface area contributed by atoms with Crippen LogP contribution in [0.4, 0.5) is 13.6 Å². The number of fused-ring (bicyclic) bond motifs is 3. The van der Waals surface area contributed by atoms with Crippen LogP contribution in [0.3, 0.4) is 0 Å². The number of hydrogen-bond donors (Lipinski definition) is 3. The fourth-order valence-corrected chi connectivity index (χ4v) is 8.93. The fourth-order valence-electron chi connectivity index (χ4n) is 7.62. The lowest BCUT2D eigenvalue weighted by Gasteiger charge is -2.29. The molecule has 2 aliphatic carbocycles. The Kier molecular flexibility index (Phi) is 13.9. The molecule has 15 nitrogen and oxygen atoms in total. The molecule has 2 aromatic rings. The molecule has 61 heavy (non-hydrogen) atoms. The zero-order valence-corrected chi connectivity index (χ0v) is 37.3. The highest BCUT2D eigenvalue weighted by Gasteiger charge is 2.63. The number of alkyl halides is 2. The van der Waals surface area contributed by atoms with E-state index >= 15 is 0 Å². The van der Waals surface area contributed by atoms with E-state index in [0.29, 0.717) is 43.2 Å². The predicted octanol–water partition coefficient (Wildman–Crippen LogP) is 6.91. The summed E-state index contributed by atoms with van der Waals surface area (Å²) >= 11 is 0. The first kappa shape index (κ1) is 47.3. The first-order valence-corrected chi connectivity index (χ1v) is 22.3. The lowest BCUT2D eigenvalue weighted by atomic mass is 9.91. The molecule has 0 bridgehead atoms. The Balaban J connectivity index is 0.000000892. The number of nitrogens with zero attached hydrogens (tertiary/aromatic N) is 2. The smallest absolute Gasteiger partial charge is 0.405 e. The molecule has 2 aliphatic heterocycles. The molecule has 6 atom stereocenters. The van der Waals surface area contributed by atoms with Crippen molar-refractivity contribution >= 4 is 44.6 Å². The number of methoxy groups -OCH3 is 1. The van der Waals surface area contributed by atoms with Gasteiger partial charge in [-0.2, -0.15) is 4.98 Å². The molecule has 0 unspecified atom stereocenters. The maximum Gasteiger partial charge on any atom is 0.405 e. The Morgan fingerprint density at radius 1 is 1.10 bits per heavy atom. The number of benzene rings is 1. The molecule has 344 valence electrons. The van der Waals surface area contributed by atoms with Crippen molar-refractivity contribution in [3.8, 4) is 17.5 Å². The lowest BCUT2D eigenvalue weighted by molar-refractivity contribution is -0.148. The second-order valence-corrected chi connectivity index (χ2v) is 20.4. The van der Waals surface area contributed by atoms with E-state index in [0.717, 1.165) is 43.9 Å². The number of ether oxygens (including phenoxy) is 4. The van der Waals surface area contributed by atoms with Crippen molar-refractivity contribution in [1.29, 1.82) is 0 Å². The van der Waals surface area contributed by atoms with Crippen molar-refractivity contribution in [2.24, 2.45) is 23.5 Å². The van der Waals surface area contributed by atoms with Gasteiger partial charge >= 0.3 is 6.09 Å². The molecule has 6 rings (SSSR count). The minimum absolute atomic E-state index is 0. The summed E-state index contributed by atoms with van der Waals surface area (Å²) in [5.41, 5.74) is 1.30. The number of nitrogens with two attached hydrogens (primary N) is 1. The summed E-state index contributed by atoms with van der Waals surface area (Å²) in [6.07, 6.45) is 6.20. The second-order valence-electron chi connectivity index (χ2n) is 18.2. The number of carbonyl (C=O) groups is 4. The van der Waals surface area contributed by atoms with E-state index in [2.05, 4.69) is 39.3 Å². The second kappa shape index (κ2) is 17.9. The molecular weight excluding hydrogens is 817 g/mol. The van der Waals surface area contributed by atoms with Crippen molar-refractivity contribution in [3.63, 3.8) is 0 Å². The average molecular weight is 884 g/mol. The fraction of sp³-hybridized carbons (Fsp3) is 0.651. The molecule has 1 aromatic heterocycles. The Labute approximate surface area is 361 Å². The standard InChI is InChI=1S/C37H50N4O8S.C6H11F2NO2.3H2/c1-22(2)48-31-18-25-17-27(47-6)11-12-29(25)34(38-31)49-28-19-30-33(43)39-37(35(44)40-50(45,46)36(5)13-14-36)20-26(37)10-8-7-9-23(3)15-24(4)16-32(42)41(30)21-28;1-5(2,6(3,7)8)11-4(9)10;;;/h8,10-12,17-18,22-24,26,28,30H,7,9,13-16,19-21H2,1-6H3,(H,39,43)(H,40,44);1-3H3,(H2,9,10);3*1H/b10-8-;;;;/t23-,24+,26+,28+,30-,37+;;;;/m0..../s1. The molecule has 1 aromatic carbocycles. The van der Waals surface area contributed by atoms with Crippen LogP contribution in [-0.2, 0) is 29.1 Å². The van der Waals surface area contributed by atoms with Crippen molar-refractivity contribution in [2.45, 2.75) is 147 Å². The van der Waals surface area contributed by atoms with Crippen LogP contribution in [0.15, 0.2) is 36.4 Å². The summed E-state index contributed by atoms with van der Waals surface area (Å²) in [6, 6.07) is 6.41. The number of carbonyl (C=O) groups excluding carboxylic acids is 4. The van der Waals surface area contributed by atoms with Gasteiger partial charge in [0.1, 0.15) is 23.4 Å². The van der Waals surface area contributed by atoms with Gasteiger partial charge in [0.2, 0.25) is 33.6 Å². The highest BCUT2D eigenvalue weighted by molar-refractivity contribution is 7.91. The highest BCUT2D eigenvalue weighted by atomic mass is 32.2. The first-order chi connectivity index (χ1) is 28.3. The van der Waals surface area contributed by atoms with E-state index in [-0.39, 0.29) is 53.9 Å². The molecule has 4 aliphatic rings. The molecule has 4 N–H and O–H groups in total. The van der Waals surface area contributed by atoms with Gasteiger partial charge in [0.15, 0.2) is 5.60 Å². The van der Waals surface area contributed by atoms with E-state index < -0.39 is 61.9 Å². The number of aromatic nitrogens is 1. The van der Waals surface area contributed by atoms with E-state index in [1.807, 2.05) is 50.3 Å². The third-order valence-corrected chi connectivity index (χ3v) is 14.2. The van der Waals surface area contributed by atoms with Gasteiger partial charge < -0.3 is 34.9 Å². The highest BCUT2D eigenvalue weighted by Crippen LogP contribution is 2.48. The number of pyridine rings is 1. The number of sulfonamides is 1. The summed E-state index contributed by atoms with van der Waals surface area (Å²) in [4.78, 5) is 58.3. The number of rotatable bonds is 10. The SMILES string of the molecule is CC(F)(F)C(C)(C)OC(N)=O.COc1ccc2c(O[C@@H]3C[C@H]4C(=O)N[C@]5(C(=O)NS(=O)(=O)C6(C)CC6)C[C@H]5/C=C\CC[C@H](C)C[C@@H](C)CC(=O)N4C3)nc(OC(C)C)cc2c1.[HH].[HH].[HH]. The largest absolute Gasteiger partial charge is 0.497 e. The molecule has 0 spiro atoms. The Hall–Kier alpha value is -4.74. The maximum atomic E-state index is 14.2. The van der Waals surface area contributed by atoms with Crippen LogP contribution in [0.5, 0.6) is 17.5 Å². The van der Waals surface area contributed by atoms with Crippen LogP contribution in [0.2, 0.25) is 0 Å². The molecular formula is C43H67F2N5O10S. The van der Waals surface area contributed by atoms with Crippen molar-refractivity contribution in [3.05, 3.63) is 36.4 Å². The Morgan fingerprint density at radius 3 is 2.38 bits per heavy atom. The monoisotopic (exact) mass is 883 g/mol. The summed E-state index contributed by atoms with van der Waals surface area (Å²) in [5, 5.41) is 4.45. The van der Waals surface area contributed by atoms with Crippen LogP contribution in [0, 0.1) is 17.8 Å².